The standard InChI is InChI=1S/C18H16Cl2N4O/c1-12-16(7-8-17(25)14-9-21-23(2)11-14)18(20)24(22-12)10-13-3-5-15(19)6-4-13/h3-9,11H,10H2,1-2H3. The minimum absolute atomic E-state index is 0.131. The molecule has 128 valence electrons. The van der Waals surface area contributed by atoms with Crippen molar-refractivity contribution in [1.29, 1.82) is 0 Å². The van der Waals surface area contributed by atoms with E-state index in [9.17, 15) is 4.79 Å². The van der Waals surface area contributed by atoms with Gasteiger partial charge < -0.3 is 0 Å². The van der Waals surface area contributed by atoms with E-state index in [1.54, 1.807) is 28.7 Å². The summed E-state index contributed by atoms with van der Waals surface area (Å²) in [5, 5.41) is 9.62. The van der Waals surface area contributed by atoms with Gasteiger partial charge in [-0.2, -0.15) is 10.2 Å². The van der Waals surface area contributed by atoms with Gasteiger partial charge in [0.05, 0.1) is 24.0 Å². The van der Waals surface area contributed by atoms with Crippen molar-refractivity contribution in [1.82, 2.24) is 19.6 Å². The molecule has 3 rings (SSSR count). The first kappa shape index (κ1) is 17.5. The first-order chi connectivity index (χ1) is 11.9. The SMILES string of the molecule is Cc1nn(Cc2ccc(Cl)cc2)c(Cl)c1C=CC(=O)c1cnn(C)c1. The van der Waals surface area contributed by atoms with Gasteiger partial charge in [-0.15, -0.1) is 0 Å². The van der Waals surface area contributed by atoms with Gasteiger partial charge in [0, 0.05) is 23.8 Å². The molecule has 0 bridgehead atoms. The number of hydrogen-bond donors (Lipinski definition) is 0. The molecule has 0 unspecified atom stereocenters. The lowest BCUT2D eigenvalue weighted by Crippen LogP contribution is -2.01. The van der Waals surface area contributed by atoms with Crippen LogP contribution in [-0.4, -0.2) is 25.3 Å². The maximum absolute atomic E-state index is 12.2. The average molecular weight is 375 g/mol. The highest BCUT2D eigenvalue weighted by molar-refractivity contribution is 6.31. The average Bonchev–Trinajstić information content (AvgIpc) is 3.12. The normalized spacial score (nSPS) is 11.4. The molecule has 0 aliphatic heterocycles. The van der Waals surface area contributed by atoms with Crippen molar-refractivity contribution in [3.05, 3.63) is 75.3 Å². The molecule has 0 amide bonds. The fourth-order valence-corrected chi connectivity index (χ4v) is 2.85. The highest BCUT2D eigenvalue weighted by atomic mass is 35.5. The second-order valence-electron chi connectivity index (χ2n) is 5.67. The number of aromatic nitrogens is 4. The van der Waals surface area contributed by atoms with E-state index in [4.69, 9.17) is 23.2 Å². The summed E-state index contributed by atoms with van der Waals surface area (Å²) in [7, 11) is 1.77. The van der Waals surface area contributed by atoms with Gasteiger partial charge in [0.15, 0.2) is 5.78 Å². The molecule has 7 heteroatoms. The van der Waals surface area contributed by atoms with Crippen molar-refractivity contribution in [2.75, 3.05) is 0 Å². The van der Waals surface area contributed by atoms with Crippen LogP contribution in [-0.2, 0) is 13.6 Å². The van der Waals surface area contributed by atoms with Crippen LogP contribution in [0.4, 0.5) is 0 Å². The van der Waals surface area contributed by atoms with Crippen LogP contribution in [0.15, 0.2) is 42.7 Å². The zero-order chi connectivity index (χ0) is 18.0. The molecular formula is C18H16Cl2N4O. The minimum atomic E-state index is -0.131. The van der Waals surface area contributed by atoms with Gasteiger partial charge >= 0.3 is 0 Å². The summed E-state index contributed by atoms with van der Waals surface area (Å²) < 4.78 is 3.29. The van der Waals surface area contributed by atoms with Gasteiger partial charge in [-0.25, -0.2) is 4.68 Å². The van der Waals surface area contributed by atoms with Crippen LogP contribution >= 0.6 is 23.2 Å². The van der Waals surface area contributed by atoms with Crippen LogP contribution in [0.25, 0.3) is 6.08 Å². The Labute approximate surface area is 155 Å². The van der Waals surface area contributed by atoms with E-state index >= 15 is 0 Å². The van der Waals surface area contributed by atoms with E-state index in [2.05, 4.69) is 10.2 Å². The predicted octanol–water partition coefficient (Wildman–Crippen LogP) is 4.18. The largest absolute Gasteiger partial charge is 0.289 e. The van der Waals surface area contributed by atoms with Gasteiger partial charge in [0.2, 0.25) is 0 Å². The van der Waals surface area contributed by atoms with E-state index in [0.29, 0.717) is 22.3 Å². The lowest BCUT2D eigenvalue weighted by Gasteiger charge is -2.03. The minimum Gasteiger partial charge on any atom is -0.289 e. The van der Waals surface area contributed by atoms with E-state index in [1.807, 2.05) is 31.2 Å². The van der Waals surface area contributed by atoms with Crippen molar-refractivity contribution in [2.45, 2.75) is 13.5 Å². The molecular weight excluding hydrogens is 359 g/mol. The predicted molar refractivity (Wildman–Crippen MR) is 99.1 cm³/mol. The number of rotatable bonds is 5. The van der Waals surface area contributed by atoms with Crippen LogP contribution in [0.3, 0.4) is 0 Å². The van der Waals surface area contributed by atoms with Gasteiger partial charge in [-0.1, -0.05) is 35.3 Å². The van der Waals surface area contributed by atoms with Crippen molar-refractivity contribution < 1.29 is 4.79 Å². The molecule has 0 saturated heterocycles. The Morgan fingerprint density at radius 2 is 1.96 bits per heavy atom. The number of aryl methyl sites for hydroxylation is 2. The molecule has 0 radical (unpaired) electrons. The Kier molecular flexibility index (Phi) is 5.06. The number of benzene rings is 1. The summed E-state index contributed by atoms with van der Waals surface area (Å²) in [6, 6.07) is 7.51. The molecule has 2 aromatic heterocycles. The Hall–Kier alpha value is -2.37. The Bertz CT molecular complexity index is 939. The smallest absolute Gasteiger partial charge is 0.189 e. The molecule has 0 spiro atoms. The zero-order valence-corrected chi connectivity index (χ0v) is 15.3. The van der Waals surface area contributed by atoms with Crippen LogP contribution in [0, 0.1) is 6.92 Å². The molecule has 0 aliphatic rings. The van der Waals surface area contributed by atoms with Crippen LogP contribution in [0.2, 0.25) is 10.2 Å². The number of allylic oxidation sites excluding steroid dienone is 1. The number of nitrogens with zero attached hydrogens (tertiary/aromatic N) is 4. The number of halogens is 2. The molecule has 2 heterocycles. The quantitative estimate of drug-likeness (QED) is 0.497. The third kappa shape index (κ3) is 4.00. The summed E-state index contributed by atoms with van der Waals surface area (Å²) in [6.07, 6.45) is 6.38. The summed E-state index contributed by atoms with van der Waals surface area (Å²) in [5.41, 5.74) is 3.05. The summed E-state index contributed by atoms with van der Waals surface area (Å²) in [4.78, 5) is 12.2. The summed E-state index contributed by atoms with van der Waals surface area (Å²) in [5.74, 6) is -0.131. The van der Waals surface area contributed by atoms with Crippen molar-refractivity contribution >= 4 is 35.1 Å². The van der Waals surface area contributed by atoms with E-state index in [-0.39, 0.29) is 5.78 Å². The van der Waals surface area contributed by atoms with E-state index < -0.39 is 0 Å². The van der Waals surface area contributed by atoms with Crippen molar-refractivity contribution in [2.24, 2.45) is 7.05 Å². The molecule has 0 N–H and O–H groups in total. The second kappa shape index (κ2) is 7.25. The highest BCUT2D eigenvalue weighted by Gasteiger charge is 2.12. The zero-order valence-electron chi connectivity index (χ0n) is 13.8. The molecule has 0 aliphatic carbocycles. The maximum Gasteiger partial charge on any atom is 0.189 e. The third-order valence-electron chi connectivity index (χ3n) is 3.75. The molecule has 5 nitrogen and oxygen atoms in total. The third-order valence-corrected chi connectivity index (χ3v) is 4.40. The maximum atomic E-state index is 12.2. The lowest BCUT2D eigenvalue weighted by molar-refractivity contribution is 0.104. The van der Waals surface area contributed by atoms with Gasteiger partial charge in [-0.3, -0.25) is 9.48 Å². The second-order valence-corrected chi connectivity index (χ2v) is 6.47. The highest BCUT2D eigenvalue weighted by Crippen LogP contribution is 2.23. The monoisotopic (exact) mass is 374 g/mol. The Morgan fingerprint density at radius 1 is 1.24 bits per heavy atom. The topological polar surface area (TPSA) is 52.7 Å². The molecule has 3 aromatic rings. The number of ketones is 1. The first-order valence-corrected chi connectivity index (χ1v) is 8.38. The van der Waals surface area contributed by atoms with Gasteiger partial charge in [0.25, 0.3) is 0 Å². The van der Waals surface area contributed by atoms with E-state index in [0.717, 1.165) is 16.8 Å². The summed E-state index contributed by atoms with van der Waals surface area (Å²) >= 11 is 12.3. The number of carbonyl (C=O) groups excluding carboxylic acids is 1. The van der Waals surface area contributed by atoms with Gasteiger partial charge in [-0.05, 0) is 36.8 Å². The van der Waals surface area contributed by atoms with Gasteiger partial charge in [0.1, 0.15) is 5.15 Å². The van der Waals surface area contributed by atoms with Crippen LogP contribution in [0.1, 0.15) is 27.2 Å². The lowest BCUT2D eigenvalue weighted by atomic mass is 10.2. The first-order valence-electron chi connectivity index (χ1n) is 7.62. The van der Waals surface area contributed by atoms with Crippen molar-refractivity contribution in [3.8, 4) is 0 Å². The summed E-state index contributed by atoms with van der Waals surface area (Å²) in [6.45, 7) is 2.39. The van der Waals surface area contributed by atoms with Crippen LogP contribution in [0.5, 0.6) is 0 Å². The molecule has 0 atom stereocenters. The molecule has 0 saturated carbocycles. The fraction of sp³-hybridized carbons (Fsp3) is 0.167. The molecule has 1 aromatic carbocycles. The Balaban J connectivity index is 1.80. The van der Waals surface area contributed by atoms with Crippen molar-refractivity contribution in [3.63, 3.8) is 0 Å². The molecule has 0 fully saturated rings. The van der Waals surface area contributed by atoms with Crippen LogP contribution < -0.4 is 0 Å². The Morgan fingerprint density at radius 3 is 2.60 bits per heavy atom. The molecule has 25 heavy (non-hydrogen) atoms. The fourth-order valence-electron chi connectivity index (χ4n) is 2.43. The number of hydrogen-bond acceptors (Lipinski definition) is 3. The number of carbonyl (C=O) groups is 1. The van der Waals surface area contributed by atoms with E-state index in [1.165, 1.54) is 12.3 Å².